The zero-order chi connectivity index (χ0) is 21.1. The van der Waals surface area contributed by atoms with Gasteiger partial charge in [-0.2, -0.15) is 0 Å². The minimum absolute atomic E-state index is 0. The Labute approximate surface area is 199 Å². The lowest BCUT2D eigenvalue weighted by molar-refractivity contribution is 0.306. The van der Waals surface area contributed by atoms with E-state index in [1.165, 1.54) is 5.56 Å². The largest absolute Gasteiger partial charge is 0.494 e. The van der Waals surface area contributed by atoms with Crippen LogP contribution in [0.15, 0.2) is 29.3 Å². The summed E-state index contributed by atoms with van der Waals surface area (Å²) in [5.74, 6) is 1.91. The predicted molar refractivity (Wildman–Crippen MR) is 135 cm³/mol. The molecular weight excluding hydrogens is 515 g/mol. The summed E-state index contributed by atoms with van der Waals surface area (Å²) in [6.07, 6.45) is 4.11. The van der Waals surface area contributed by atoms with E-state index in [2.05, 4.69) is 34.7 Å². The first-order chi connectivity index (χ1) is 14.0. The summed E-state index contributed by atoms with van der Waals surface area (Å²) >= 11 is 0. The van der Waals surface area contributed by atoms with Crippen LogP contribution in [0.1, 0.15) is 45.1 Å². The van der Waals surface area contributed by atoms with Gasteiger partial charge in [0.15, 0.2) is 5.96 Å². The highest BCUT2D eigenvalue weighted by molar-refractivity contribution is 14.0. The van der Waals surface area contributed by atoms with Crippen LogP contribution >= 0.6 is 24.0 Å². The van der Waals surface area contributed by atoms with Gasteiger partial charge in [0.1, 0.15) is 5.75 Å². The van der Waals surface area contributed by atoms with Crippen molar-refractivity contribution in [2.75, 3.05) is 39.0 Å². The molecule has 30 heavy (non-hydrogen) atoms. The molecule has 1 aliphatic rings. The quantitative estimate of drug-likeness (QED) is 0.265. The number of benzene rings is 1. The predicted octanol–water partition coefficient (Wildman–Crippen LogP) is 3.01. The van der Waals surface area contributed by atoms with Gasteiger partial charge in [0.05, 0.1) is 12.4 Å². The van der Waals surface area contributed by atoms with E-state index in [1.54, 1.807) is 11.4 Å². The van der Waals surface area contributed by atoms with Crippen LogP contribution in [-0.2, 0) is 16.4 Å². The molecule has 1 fully saturated rings. The molecule has 1 aliphatic heterocycles. The van der Waals surface area contributed by atoms with Gasteiger partial charge < -0.3 is 15.4 Å². The molecule has 0 saturated carbocycles. The van der Waals surface area contributed by atoms with Gasteiger partial charge in [0.25, 0.3) is 0 Å². The van der Waals surface area contributed by atoms with E-state index >= 15 is 0 Å². The maximum atomic E-state index is 12.2. The van der Waals surface area contributed by atoms with Gasteiger partial charge in [-0.1, -0.05) is 26.0 Å². The molecule has 0 aliphatic carbocycles. The van der Waals surface area contributed by atoms with Crippen molar-refractivity contribution in [1.29, 1.82) is 0 Å². The first-order valence-corrected chi connectivity index (χ1v) is 12.3. The molecule has 1 heterocycles. The number of halogens is 1. The van der Waals surface area contributed by atoms with Gasteiger partial charge in [-0.05, 0) is 49.8 Å². The number of piperidine rings is 1. The highest BCUT2D eigenvalue weighted by atomic mass is 127. The Morgan fingerprint density at radius 1 is 1.23 bits per heavy atom. The number of hydrogen-bond acceptors (Lipinski definition) is 4. The Kier molecular flexibility index (Phi) is 12.7. The third-order valence-electron chi connectivity index (χ3n) is 4.95. The van der Waals surface area contributed by atoms with Crippen LogP contribution in [0.4, 0.5) is 0 Å². The highest BCUT2D eigenvalue weighted by Crippen LogP contribution is 2.15. The Bertz CT molecular complexity index is 750. The Balaban J connectivity index is 0.00000450. The molecule has 1 aromatic rings. The fourth-order valence-electron chi connectivity index (χ4n) is 3.39. The number of sulfonamides is 1. The summed E-state index contributed by atoms with van der Waals surface area (Å²) in [4.78, 5) is 4.31. The number of aliphatic imine (C=N–C) groups is 1. The topological polar surface area (TPSA) is 83.0 Å². The van der Waals surface area contributed by atoms with Crippen LogP contribution in [0.3, 0.4) is 0 Å². The zero-order valence-corrected chi connectivity index (χ0v) is 21.5. The minimum Gasteiger partial charge on any atom is -0.494 e. The van der Waals surface area contributed by atoms with Crippen LogP contribution in [0.25, 0.3) is 0 Å². The molecule has 0 atom stereocenters. The van der Waals surface area contributed by atoms with Gasteiger partial charge >= 0.3 is 0 Å². The van der Waals surface area contributed by atoms with Crippen LogP contribution in [0, 0.1) is 0 Å². The number of hydrogen-bond donors (Lipinski definition) is 2. The molecule has 2 N–H and O–H groups in total. The molecule has 0 spiro atoms. The Hall–Kier alpha value is -1.07. The maximum absolute atomic E-state index is 12.2. The van der Waals surface area contributed by atoms with Crippen LogP contribution in [0.5, 0.6) is 5.75 Å². The maximum Gasteiger partial charge on any atom is 0.214 e. The summed E-state index contributed by atoms with van der Waals surface area (Å²) in [7, 11) is -1.34. The van der Waals surface area contributed by atoms with Crippen molar-refractivity contribution in [1.82, 2.24) is 14.9 Å². The second kappa shape index (κ2) is 14.1. The molecular formula is C21H37IN4O3S. The van der Waals surface area contributed by atoms with Gasteiger partial charge in [-0.3, -0.25) is 4.99 Å². The third kappa shape index (κ3) is 8.97. The second-order valence-electron chi connectivity index (χ2n) is 7.38. The summed E-state index contributed by atoms with van der Waals surface area (Å²) in [5, 5.41) is 6.78. The van der Waals surface area contributed by atoms with Crippen molar-refractivity contribution in [2.24, 2.45) is 4.99 Å². The van der Waals surface area contributed by atoms with E-state index in [-0.39, 0.29) is 35.8 Å². The Morgan fingerprint density at radius 3 is 2.60 bits per heavy atom. The van der Waals surface area contributed by atoms with Crippen molar-refractivity contribution in [3.8, 4) is 5.75 Å². The van der Waals surface area contributed by atoms with Crippen LogP contribution < -0.4 is 15.4 Å². The number of nitrogens with zero attached hydrogens (tertiary/aromatic N) is 2. The summed E-state index contributed by atoms with van der Waals surface area (Å²) in [6.45, 7) is 6.64. The molecule has 0 aromatic heterocycles. The van der Waals surface area contributed by atoms with Crippen molar-refractivity contribution in [3.05, 3.63) is 29.8 Å². The van der Waals surface area contributed by atoms with Crippen LogP contribution in [0.2, 0.25) is 0 Å². The highest BCUT2D eigenvalue weighted by Gasteiger charge is 2.27. The monoisotopic (exact) mass is 552 g/mol. The number of guanidine groups is 1. The van der Waals surface area contributed by atoms with Gasteiger partial charge in [-0.25, -0.2) is 12.7 Å². The molecule has 0 amide bonds. The molecule has 0 unspecified atom stereocenters. The fraction of sp³-hybridized carbons (Fsp3) is 0.667. The normalized spacial score (nSPS) is 16.0. The zero-order valence-electron chi connectivity index (χ0n) is 18.4. The first kappa shape index (κ1) is 27.0. The lowest BCUT2D eigenvalue weighted by Gasteiger charge is -2.32. The third-order valence-corrected chi connectivity index (χ3v) is 7.03. The van der Waals surface area contributed by atoms with Gasteiger partial charge in [-0.15, -0.1) is 24.0 Å². The van der Waals surface area contributed by atoms with Crippen molar-refractivity contribution in [2.45, 2.75) is 52.0 Å². The van der Waals surface area contributed by atoms with E-state index in [4.69, 9.17) is 4.74 Å². The summed E-state index contributed by atoms with van der Waals surface area (Å²) < 4.78 is 31.7. The SMILES string of the molecule is CCCOc1cccc(CCNC(=NC)NC2CCN(S(=O)(=O)CCC)CC2)c1.I. The van der Waals surface area contributed by atoms with E-state index < -0.39 is 10.0 Å². The molecule has 2 rings (SSSR count). The number of nitrogens with one attached hydrogen (secondary N) is 2. The minimum atomic E-state index is -3.10. The van der Waals surface area contributed by atoms with E-state index in [0.29, 0.717) is 19.5 Å². The van der Waals surface area contributed by atoms with E-state index in [0.717, 1.165) is 50.5 Å². The smallest absolute Gasteiger partial charge is 0.214 e. The summed E-state index contributed by atoms with van der Waals surface area (Å²) in [6, 6.07) is 8.43. The van der Waals surface area contributed by atoms with Crippen LogP contribution in [-0.4, -0.2) is 63.8 Å². The van der Waals surface area contributed by atoms with E-state index in [1.807, 2.05) is 19.1 Å². The average molecular weight is 553 g/mol. The van der Waals surface area contributed by atoms with E-state index in [9.17, 15) is 8.42 Å². The molecule has 1 aromatic carbocycles. The first-order valence-electron chi connectivity index (χ1n) is 10.6. The summed E-state index contributed by atoms with van der Waals surface area (Å²) in [5.41, 5.74) is 1.22. The van der Waals surface area contributed by atoms with Crippen molar-refractivity contribution < 1.29 is 13.2 Å². The average Bonchev–Trinajstić information content (AvgIpc) is 2.72. The lowest BCUT2D eigenvalue weighted by atomic mass is 10.1. The molecule has 9 heteroatoms. The van der Waals surface area contributed by atoms with Crippen molar-refractivity contribution >= 4 is 40.0 Å². The fourth-order valence-corrected chi connectivity index (χ4v) is 4.93. The molecule has 1 saturated heterocycles. The molecule has 172 valence electrons. The van der Waals surface area contributed by atoms with Gasteiger partial charge in [0.2, 0.25) is 10.0 Å². The lowest BCUT2D eigenvalue weighted by Crippen LogP contribution is -2.50. The standard InChI is InChI=1S/C21H36N4O3S.HI/c1-4-15-28-20-8-6-7-18(17-20)9-12-23-21(22-3)24-19-10-13-25(14-11-19)29(26,27)16-5-2;/h6-8,17,19H,4-5,9-16H2,1-3H3,(H2,22,23,24);1H. The number of ether oxygens (including phenoxy) is 1. The van der Waals surface area contributed by atoms with Gasteiger partial charge in [0, 0.05) is 32.7 Å². The molecule has 0 radical (unpaired) electrons. The number of rotatable bonds is 10. The molecule has 7 nitrogen and oxygen atoms in total. The Morgan fingerprint density at radius 2 is 1.97 bits per heavy atom. The second-order valence-corrected chi connectivity index (χ2v) is 9.47. The molecule has 0 bridgehead atoms. The van der Waals surface area contributed by atoms with Crippen molar-refractivity contribution in [3.63, 3.8) is 0 Å².